The number of aromatic amines is 3. The fourth-order valence-electron chi connectivity index (χ4n) is 12.2. The van der Waals surface area contributed by atoms with E-state index in [0.717, 1.165) is 11.1 Å². The number of thioether (sulfide) groups is 2. The van der Waals surface area contributed by atoms with Crippen LogP contribution in [0.25, 0.3) is 21.8 Å². The Morgan fingerprint density at radius 1 is 0.653 bits per heavy atom. The Bertz CT molecular complexity index is 4160. The van der Waals surface area contributed by atoms with E-state index < -0.39 is 138 Å². The number of aromatic hydroxyl groups is 2. The number of primary amides is 1. The Labute approximate surface area is 587 Å². The maximum absolute atomic E-state index is 15.2. The van der Waals surface area contributed by atoms with Crippen molar-refractivity contribution in [3.63, 3.8) is 0 Å². The lowest BCUT2D eigenvalue weighted by Gasteiger charge is -2.37. The van der Waals surface area contributed by atoms with Gasteiger partial charge >= 0.3 is 5.97 Å². The van der Waals surface area contributed by atoms with E-state index in [4.69, 9.17) is 11.5 Å². The van der Waals surface area contributed by atoms with Gasteiger partial charge in [0, 0.05) is 108 Å². The molecule has 9 rings (SSSR count). The van der Waals surface area contributed by atoms with E-state index in [1.54, 1.807) is 6.07 Å². The molecule has 4 aromatic carbocycles. The van der Waals surface area contributed by atoms with Crippen LogP contribution in [0.3, 0.4) is 0 Å². The molecule has 0 radical (unpaired) electrons. The van der Waals surface area contributed by atoms with Crippen LogP contribution in [0.2, 0.25) is 0 Å². The number of carboxylic acid groups (broad SMARTS) is 1. The van der Waals surface area contributed by atoms with Gasteiger partial charge in [0.1, 0.15) is 65.1 Å². The fraction of sp³-hybridized carbons (Fsp3) is 0.391. The van der Waals surface area contributed by atoms with Crippen molar-refractivity contribution in [2.75, 3.05) is 31.1 Å². The molecule has 29 nitrogen and oxygen atoms in total. The lowest BCUT2D eigenvalue weighted by molar-refractivity contribution is -0.147. The predicted octanol–water partition coefficient (Wildman–Crippen LogP) is 1.74. The summed E-state index contributed by atoms with van der Waals surface area (Å²) in [4.78, 5) is 171. The number of carbonyl (C=O) groups is 11. The molecule has 536 valence electrons. The number of rotatable bonds is 15. The topological polar surface area (TPSA) is 460 Å². The van der Waals surface area contributed by atoms with E-state index in [-0.39, 0.29) is 68.0 Å². The molecule has 0 spiro atoms. The lowest BCUT2D eigenvalue weighted by Crippen LogP contribution is -2.63. The monoisotopic (exact) mass is 1430 g/mol. The molecule has 0 saturated carbocycles. The number of hydrogen-bond acceptors (Lipinski definition) is 17. The van der Waals surface area contributed by atoms with Crippen LogP contribution in [-0.2, 0) is 89.9 Å². The first-order valence-electron chi connectivity index (χ1n) is 32.9. The van der Waals surface area contributed by atoms with Gasteiger partial charge in [-0.25, -0.2) is 9.37 Å². The molecule has 2 aliphatic heterocycles. The van der Waals surface area contributed by atoms with Crippen molar-refractivity contribution in [2.24, 2.45) is 11.5 Å². The number of fused-ring (bicyclic) bond motifs is 5. The highest BCUT2D eigenvalue weighted by molar-refractivity contribution is 7.98. The van der Waals surface area contributed by atoms with Crippen molar-refractivity contribution >= 4 is 110 Å². The number of phenolic OH excluding ortho intramolecular Hbond substituents is 2. The van der Waals surface area contributed by atoms with Crippen LogP contribution < -0.4 is 54.0 Å². The van der Waals surface area contributed by atoms with Crippen molar-refractivity contribution in [2.45, 2.75) is 137 Å². The summed E-state index contributed by atoms with van der Waals surface area (Å²) in [5.41, 5.74) is 14.2. The second-order valence-electron chi connectivity index (χ2n) is 25.1. The Hall–Kier alpha value is -10.5. The van der Waals surface area contributed by atoms with E-state index >= 15 is 19.2 Å². The van der Waals surface area contributed by atoms with Crippen molar-refractivity contribution < 1.29 is 72.4 Å². The molecule has 10 amide bonds. The zero-order valence-corrected chi connectivity index (χ0v) is 56.9. The standard InChI is InChI=1S/C69H82FN15O14S2/c1-69-18-5-20-85(69)67(98)56(23-38-9-12-45(86)13-10-38)83-65(96)54(27-44-32-73-37-77-44)81-66(97)55(29-60(90)91)82-64(95)53(25-42-31-75-50-16-14-46(87)28-48(42)50)80-63(94)52(24-41-30-74-49-15-11-43(70)26-47(41)49)79-59(89)33-76-62(93)51(8-2-3-19-71)78-58(88)17-21-100-34-39-6-4-7-40(22-39)35-101-36-57(61(72)92)84-68(69)99/h4,6-7,9-16,22,26,28,30-32,37,51-57,74-75,86-87H,2-3,5,8,17-21,23-25,27,29,33-36,71H2,1H3,(H2,72,92)(H,73,77)(H,76,93)(H,78,88)(H,79,89)(H,80,94)(H,81,97)(H,82,95)(H,83,96)(H,84,99)(H,90,91)/t51-,52-,53-,54-,55-,56-,57-,69-/m0/s1. The molecular weight excluding hydrogens is 1350 g/mol. The number of halogens is 1. The van der Waals surface area contributed by atoms with E-state index in [2.05, 4.69) is 62.5 Å². The molecule has 18 N–H and O–H groups in total. The van der Waals surface area contributed by atoms with Crippen LogP contribution in [0, 0.1) is 5.82 Å². The predicted molar refractivity (Wildman–Crippen MR) is 373 cm³/mol. The second-order valence-corrected chi connectivity index (χ2v) is 27.3. The minimum absolute atomic E-state index is 0.0143. The minimum atomic E-state index is -2.03. The third kappa shape index (κ3) is 20.6. The highest BCUT2D eigenvalue weighted by Crippen LogP contribution is 2.32. The van der Waals surface area contributed by atoms with Crippen LogP contribution in [0.1, 0.15) is 85.4 Å². The molecule has 32 heteroatoms. The molecule has 5 heterocycles. The van der Waals surface area contributed by atoms with E-state index in [1.807, 2.05) is 24.3 Å². The lowest BCUT2D eigenvalue weighted by atomic mass is 9.95. The average molecular weight is 1430 g/mol. The smallest absolute Gasteiger partial charge is 0.305 e. The Kier molecular flexibility index (Phi) is 25.9. The highest BCUT2D eigenvalue weighted by Gasteiger charge is 2.49. The van der Waals surface area contributed by atoms with Gasteiger partial charge < -0.3 is 89.2 Å². The van der Waals surface area contributed by atoms with Crippen molar-refractivity contribution in [3.05, 3.63) is 149 Å². The van der Waals surface area contributed by atoms with Crippen LogP contribution in [0.4, 0.5) is 4.39 Å². The van der Waals surface area contributed by atoms with Gasteiger partial charge in [0.25, 0.3) is 0 Å². The van der Waals surface area contributed by atoms with Crippen molar-refractivity contribution in [1.82, 2.24) is 67.4 Å². The first kappa shape index (κ1) is 74.7. The van der Waals surface area contributed by atoms with Gasteiger partial charge in [0.05, 0.1) is 19.3 Å². The summed E-state index contributed by atoms with van der Waals surface area (Å²) < 4.78 is 14.9. The number of carbonyl (C=O) groups excluding carboxylic acids is 10. The van der Waals surface area contributed by atoms with Gasteiger partial charge in [-0.15, -0.1) is 0 Å². The number of phenols is 2. The van der Waals surface area contributed by atoms with Gasteiger partial charge in [-0.05, 0) is 122 Å². The van der Waals surface area contributed by atoms with Gasteiger partial charge in [-0.1, -0.05) is 36.4 Å². The number of nitrogens with zero attached hydrogens (tertiary/aromatic N) is 2. The highest BCUT2D eigenvalue weighted by atomic mass is 32.2. The number of carboxylic acids is 1. The molecule has 101 heavy (non-hydrogen) atoms. The van der Waals surface area contributed by atoms with Gasteiger partial charge in [0.2, 0.25) is 59.1 Å². The summed E-state index contributed by atoms with van der Waals surface area (Å²) in [5, 5.41) is 53.0. The summed E-state index contributed by atoms with van der Waals surface area (Å²) >= 11 is 2.79. The van der Waals surface area contributed by atoms with E-state index in [1.165, 1.54) is 115 Å². The summed E-state index contributed by atoms with van der Waals surface area (Å²) in [7, 11) is 0. The van der Waals surface area contributed by atoms with Gasteiger partial charge in [-0.2, -0.15) is 23.5 Å². The SMILES string of the molecule is C[C@@]12CCCN1C(=O)[C@H](Cc1ccc(O)cc1)NC(=O)[C@H](Cc1cnc[nH]1)NC(=O)[C@H](CC(=O)O)NC(=O)[C@H](Cc1c[nH]c3ccc(O)cc13)NC(=O)[C@H](Cc1c[nH]c3ccc(F)cc13)NC(=O)CNC(=O)[C@H](CCCCN)NC(=O)CCSCc1cccc(c1)CSC[C@@H](C(N)=O)NC2=O. The molecule has 3 aromatic heterocycles. The van der Waals surface area contributed by atoms with Gasteiger partial charge in [0.15, 0.2) is 0 Å². The molecule has 0 aliphatic carbocycles. The first-order valence-corrected chi connectivity index (χ1v) is 35.2. The second kappa shape index (κ2) is 35.0. The van der Waals surface area contributed by atoms with Crippen LogP contribution in [-0.4, -0.2) is 184 Å². The number of aliphatic carboxylic acids is 1. The minimum Gasteiger partial charge on any atom is -0.508 e. The third-order valence-electron chi connectivity index (χ3n) is 17.6. The number of aromatic nitrogens is 4. The molecule has 8 atom stereocenters. The molecular formula is C69H82FN15O14S2. The number of benzene rings is 4. The van der Waals surface area contributed by atoms with E-state index in [0.29, 0.717) is 81.6 Å². The molecule has 2 bridgehead atoms. The Morgan fingerprint density at radius 3 is 1.91 bits per heavy atom. The van der Waals surface area contributed by atoms with E-state index in [9.17, 15) is 53.3 Å². The Balaban J connectivity index is 1.06. The zero-order chi connectivity index (χ0) is 72.3. The van der Waals surface area contributed by atoms with Crippen LogP contribution >= 0.6 is 23.5 Å². The summed E-state index contributed by atoms with van der Waals surface area (Å²) in [5.74, 6) is -10.0. The number of H-pyrrole nitrogens is 3. The summed E-state index contributed by atoms with van der Waals surface area (Å²) in [6.45, 7) is 1.11. The van der Waals surface area contributed by atoms with Crippen LogP contribution in [0.15, 0.2) is 110 Å². The molecule has 7 aromatic rings. The summed E-state index contributed by atoms with van der Waals surface area (Å²) in [6, 6.07) is 10.7. The summed E-state index contributed by atoms with van der Waals surface area (Å²) in [6.07, 6.45) is 4.66. The first-order chi connectivity index (χ1) is 48.4. The number of amides is 10. The van der Waals surface area contributed by atoms with Crippen molar-refractivity contribution in [1.29, 1.82) is 0 Å². The molecule has 1 saturated heterocycles. The number of nitrogens with two attached hydrogens (primary N) is 2. The maximum Gasteiger partial charge on any atom is 0.305 e. The van der Waals surface area contributed by atoms with Gasteiger partial charge in [-0.3, -0.25) is 52.7 Å². The maximum atomic E-state index is 15.2. The molecule has 0 unspecified atom stereocenters. The number of imidazole rings is 1. The molecule has 2 aliphatic rings. The third-order valence-corrected chi connectivity index (χ3v) is 19.7. The number of unbranched alkanes of at least 4 members (excludes halogenated alkanes) is 1. The van der Waals surface area contributed by atoms with Crippen molar-refractivity contribution in [3.8, 4) is 11.5 Å². The Morgan fingerprint density at radius 2 is 1.26 bits per heavy atom. The average Bonchev–Trinajstić information content (AvgIpc) is 1.70. The quantitative estimate of drug-likeness (QED) is 0.0650. The largest absolute Gasteiger partial charge is 0.508 e. The fourth-order valence-corrected chi connectivity index (χ4v) is 14.1. The number of hydrogen-bond donors (Lipinski definition) is 16. The normalized spacial score (nSPS) is 22.7. The number of nitrogens with one attached hydrogen (secondary N) is 11. The zero-order valence-electron chi connectivity index (χ0n) is 55.2. The van der Waals surface area contributed by atoms with Crippen LogP contribution in [0.5, 0.6) is 11.5 Å². The molecule has 1 fully saturated rings.